The van der Waals surface area contributed by atoms with Crippen LogP contribution in [0.3, 0.4) is 0 Å². The SMILES string of the molecule is CC=CC(=O)N(C)CC1CCCN1C. The van der Waals surface area contributed by atoms with Gasteiger partial charge >= 0.3 is 0 Å². The van der Waals surface area contributed by atoms with E-state index in [1.54, 1.807) is 17.1 Å². The van der Waals surface area contributed by atoms with Crippen molar-refractivity contribution in [3.63, 3.8) is 0 Å². The highest BCUT2D eigenvalue weighted by molar-refractivity contribution is 5.87. The predicted octanol–water partition coefficient (Wildman–Crippen LogP) is 1.12. The van der Waals surface area contributed by atoms with Gasteiger partial charge in [-0.1, -0.05) is 6.08 Å². The second-order valence-corrected chi connectivity index (χ2v) is 4.00. The van der Waals surface area contributed by atoms with E-state index in [0.717, 1.165) is 13.1 Å². The lowest BCUT2D eigenvalue weighted by Crippen LogP contribution is -2.38. The van der Waals surface area contributed by atoms with Crippen molar-refractivity contribution < 1.29 is 4.79 Å². The van der Waals surface area contributed by atoms with Gasteiger partial charge in [0, 0.05) is 19.6 Å². The molecule has 14 heavy (non-hydrogen) atoms. The molecule has 1 atom stereocenters. The lowest BCUT2D eigenvalue weighted by molar-refractivity contribution is -0.125. The van der Waals surface area contributed by atoms with Crippen LogP contribution in [0.4, 0.5) is 0 Å². The van der Waals surface area contributed by atoms with Gasteiger partial charge in [0.25, 0.3) is 0 Å². The zero-order chi connectivity index (χ0) is 10.6. The first kappa shape index (κ1) is 11.2. The molecule has 0 aromatic heterocycles. The Morgan fingerprint density at radius 3 is 2.86 bits per heavy atom. The summed E-state index contributed by atoms with van der Waals surface area (Å²) in [5, 5.41) is 0. The lowest BCUT2D eigenvalue weighted by atomic mass is 10.2. The van der Waals surface area contributed by atoms with E-state index in [-0.39, 0.29) is 5.91 Å². The summed E-state index contributed by atoms with van der Waals surface area (Å²) in [6.07, 6.45) is 5.88. The first-order valence-electron chi connectivity index (χ1n) is 5.23. The predicted molar refractivity (Wildman–Crippen MR) is 58.1 cm³/mol. The molecule has 1 unspecified atom stereocenters. The van der Waals surface area contributed by atoms with Crippen molar-refractivity contribution in [2.24, 2.45) is 0 Å². The summed E-state index contributed by atoms with van der Waals surface area (Å²) in [6, 6.07) is 0.550. The second kappa shape index (κ2) is 5.15. The maximum Gasteiger partial charge on any atom is 0.246 e. The van der Waals surface area contributed by atoms with Crippen LogP contribution in [0.1, 0.15) is 19.8 Å². The average molecular weight is 196 g/mol. The van der Waals surface area contributed by atoms with Gasteiger partial charge in [0.05, 0.1) is 0 Å². The Balaban J connectivity index is 2.39. The number of hydrogen-bond donors (Lipinski definition) is 0. The standard InChI is InChI=1S/C11H20N2O/c1-4-6-11(14)13(3)9-10-7-5-8-12(10)2/h4,6,10H,5,7-9H2,1-3H3. The highest BCUT2D eigenvalue weighted by atomic mass is 16.2. The van der Waals surface area contributed by atoms with Gasteiger partial charge in [-0.3, -0.25) is 4.79 Å². The number of carbonyl (C=O) groups excluding carboxylic acids is 1. The fourth-order valence-electron chi connectivity index (χ4n) is 1.89. The van der Waals surface area contributed by atoms with E-state index in [4.69, 9.17) is 0 Å². The van der Waals surface area contributed by atoms with Crippen LogP contribution < -0.4 is 0 Å². The van der Waals surface area contributed by atoms with E-state index in [1.165, 1.54) is 12.8 Å². The second-order valence-electron chi connectivity index (χ2n) is 4.00. The van der Waals surface area contributed by atoms with Crippen molar-refractivity contribution >= 4 is 5.91 Å². The van der Waals surface area contributed by atoms with Gasteiger partial charge in [-0.15, -0.1) is 0 Å². The summed E-state index contributed by atoms with van der Waals surface area (Å²) in [7, 11) is 4.00. The van der Waals surface area contributed by atoms with Gasteiger partial charge in [-0.25, -0.2) is 0 Å². The normalized spacial score (nSPS) is 23.2. The molecule has 1 aliphatic heterocycles. The molecule has 3 heteroatoms. The molecule has 0 bridgehead atoms. The van der Waals surface area contributed by atoms with Crippen LogP contribution in [0.2, 0.25) is 0 Å². The number of rotatable bonds is 3. The molecule has 0 saturated carbocycles. The van der Waals surface area contributed by atoms with Crippen LogP contribution >= 0.6 is 0 Å². The molecule has 0 aromatic rings. The van der Waals surface area contributed by atoms with Crippen molar-refractivity contribution in [1.29, 1.82) is 0 Å². The minimum absolute atomic E-state index is 0.104. The Labute approximate surface area is 86.4 Å². The fourth-order valence-corrected chi connectivity index (χ4v) is 1.89. The molecule has 1 amide bonds. The third kappa shape index (κ3) is 2.84. The topological polar surface area (TPSA) is 23.6 Å². The number of carbonyl (C=O) groups is 1. The molecule has 1 rings (SSSR count). The quantitative estimate of drug-likeness (QED) is 0.631. The molecule has 3 nitrogen and oxygen atoms in total. The van der Waals surface area contributed by atoms with E-state index >= 15 is 0 Å². The summed E-state index contributed by atoms with van der Waals surface area (Å²) in [5.74, 6) is 0.104. The van der Waals surface area contributed by atoms with Gasteiger partial charge in [0.1, 0.15) is 0 Å². The van der Waals surface area contributed by atoms with Crippen LogP contribution in [0, 0.1) is 0 Å². The summed E-state index contributed by atoms with van der Waals surface area (Å²) in [5.41, 5.74) is 0. The van der Waals surface area contributed by atoms with Crippen LogP contribution in [0.15, 0.2) is 12.2 Å². The van der Waals surface area contributed by atoms with E-state index in [9.17, 15) is 4.79 Å². The molecular formula is C11H20N2O. The molecule has 80 valence electrons. The Hall–Kier alpha value is -0.830. The highest BCUT2D eigenvalue weighted by Gasteiger charge is 2.22. The van der Waals surface area contributed by atoms with Gasteiger partial charge in [0.2, 0.25) is 5.91 Å². The van der Waals surface area contributed by atoms with Crippen LogP contribution in [0.25, 0.3) is 0 Å². The Morgan fingerprint density at radius 1 is 1.64 bits per heavy atom. The minimum atomic E-state index is 0.104. The van der Waals surface area contributed by atoms with Crippen LogP contribution in [-0.2, 0) is 4.79 Å². The van der Waals surface area contributed by atoms with Crippen molar-refractivity contribution in [2.75, 3.05) is 27.2 Å². The highest BCUT2D eigenvalue weighted by Crippen LogP contribution is 2.15. The maximum absolute atomic E-state index is 11.5. The fraction of sp³-hybridized carbons (Fsp3) is 0.727. The number of allylic oxidation sites excluding steroid dienone is 1. The van der Waals surface area contributed by atoms with E-state index < -0.39 is 0 Å². The molecule has 0 spiro atoms. The molecule has 1 saturated heterocycles. The molecule has 1 aliphatic rings. The van der Waals surface area contributed by atoms with Gasteiger partial charge in [-0.2, -0.15) is 0 Å². The summed E-state index contributed by atoms with van der Waals surface area (Å²) >= 11 is 0. The minimum Gasteiger partial charge on any atom is -0.341 e. The Morgan fingerprint density at radius 2 is 2.36 bits per heavy atom. The molecular weight excluding hydrogens is 176 g/mol. The summed E-state index contributed by atoms with van der Waals surface area (Å²) in [6.45, 7) is 3.88. The molecule has 0 aliphatic carbocycles. The molecule has 0 aromatic carbocycles. The third-order valence-electron chi connectivity index (χ3n) is 2.84. The van der Waals surface area contributed by atoms with E-state index in [0.29, 0.717) is 6.04 Å². The van der Waals surface area contributed by atoms with Gasteiger partial charge < -0.3 is 9.80 Å². The first-order valence-corrected chi connectivity index (χ1v) is 5.23. The zero-order valence-electron chi connectivity index (χ0n) is 9.36. The number of nitrogens with zero attached hydrogens (tertiary/aromatic N) is 2. The Kier molecular flexibility index (Phi) is 4.14. The molecule has 1 heterocycles. The number of likely N-dealkylation sites (tertiary alicyclic amines) is 1. The molecule has 0 N–H and O–H groups in total. The van der Waals surface area contributed by atoms with Crippen LogP contribution in [0.5, 0.6) is 0 Å². The first-order chi connectivity index (χ1) is 6.65. The molecule has 0 radical (unpaired) electrons. The monoisotopic (exact) mass is 196 g/mol. The van der Waals surface area contributed by atoms with Gasteiger partial charge in [0.15, 0.2) is 0 Å². The number of amides is 1. The Bertz CT molecular complexity index is 225. The average Bonchev–Trinajstić information content (AvgIpc) is 2.52. The van der Waals surface area contributed by atoms with Gasteiger partial charge in [-0.05, 0) is 39.4 Å². The number of hydrogen-bond acceptors (Lipinski definition) is 2. The zero-order valence-corrected chi connectivity index (χ0v) is 9.36. The van der Waals surface area contributed by atoms with Crippen molar-refractivity contribution in [3.05, 3.63) is 12.2 Å². The van der Waals surface area contributed by atoms with E-state index in [1.807, 2.05) is 14.0 Å². The van der Waals surface area contributed by atoms with E-state index in [2.05, 4.69) is 11.9 Å². The summed E-state index contributed by atoms with van der Waals surface area (Å²) in [4.78, 5) is 15.6. The van der Waals surface area contributed by atoms with Crippen molar-refractivity contribution in [3.8, 4) is 0 Å². The maximum atomic E-state index is 11.5. The third-order valence-corrected chi connectivity index (χ3v) is 2.84. The smallest absolute Gasteiger partial charge is 0.246 e. The van der Waals surface area contributed by atoms with Crippen molar-refractivity contribution in [2.45, 2.75) is 25.8 Å². The van der Waals surface area contributed by atoms with Crippen LogP contribution in [-0.4, -0.2) is 48.9 Å². The lowest BCUT2D eigenvalue weighted by Gasteiger charge is -2.25. The largest absolute Gasteiger partial charge is 0.341 e. The van der Waals surface area contributed by atoms with Crippen molar-refractivity contribution in [1.82, 2.24) is 9.80 Å². The molecule has 1 fully saturated rings. The summed E-state index contributed by atoms with van der Waals surface area (Å²) < 4.78 is 0. The number of likely N-dealkylation sites (N-methyl/N-ethyl adjacent to an activating group) is 2.